The highest BCUT2D eigenvalue weighted by atomic mass is 35.5. The predicted molar refractivity (Wildman–Crippen MR) is 78.8 cm³/mol. The molecule has 0 aliphatic rings. The average Bonchev–Trinajstić information content (AvgIpc) is 2.48. The lowest BCUT2D eigenvalue weighted by molar-refractivity contribution is -0.137. The first-order valence-corrected chi connectivity index (χ1v) is 6.44. The number of rotatable bonds is 3. The Hall–Kier alpha value is -2.52. The van der Waals surface area contributed by atoms with Crippen molar-refractivity contribution in [3.8, 4) is 6.07 Å². The summed E-state index contributed by atoms with van der Waals surface area (Å²) in [6.45, 7) is 0. The van der Waals surface area contributed by atoms with Crippen molar-refractivity contribution in [2.45, 2.75) is 6.18 Å². The number of hydrogen-bond donors (Lipinski definition) is 1. The molecular formula is C15H9ClF3N3. The number of anilines is 1. The standard InChI is InChI=1S/C15H9ClF3N3/c16-13-6-5-12(15(17,18)19)7-14(13)22-21-9-11-3-1-10(8-20)2-4-11/h1-7,9,22H. The van der Waals surface area contributed by atoms with Gasteiger partial charge in [0.05, 0.1) is 34.1 Å². The number of halogens is 4. The van der Waals surface area contributed by atoms with Gasteiger partial charge in [0, 0.05) is 0 Å². The van der Waals surface area contributed by atoms with Crippen molar-refractivity contribution in [3.05, 3.63) is 64.2 Å². The second kappa shape index (κ2) is 6.50. The van der Waals surface area contributed by atoms with E-state index in [1.54, 1.807) is 24.3 Å². The van der Waals surface area contributed by atoms with Gasteiger partial charge in [0.25, 0.3) is 0 Å². The van der Waals surface area contributed by atoms with E-state index in [0.717, 1.165) is 18.2 Å². The van der Waals surface area contributed by atoms with Crippen molar-refractivity contribution >= 4 is 23.5 Å². The molecule has 2 aromatic rings. The molecule has 2 rings (SSSR count). The first kappa shape index (κ1) is 15.9. The zero-order chi connectivity index (χ0) is 16.2. The molecule has 1 N–H and O–H groups in total. The van der Waals surface area contributed by atoms with Crippen molar-refractivity contribution in [1.82, 2.24) is 0 Å². The normalized spacial score (nSPS) is 11.4. The van der Waals surface area contributed by atoms with Crippen LogP contribution in [0.4, 0.5) is 18.9 Å². The molecule has 7 heteroatoms. The van der Waals surface area contributed by atoms with E-state index in [-0.39, 0.29) is 10.7 Å². The Balaban J connectivity index is 2.13. The lowest BCUT2D eigenvalue weighted by Crippen LogP contribution is -2.05. The Morgan fingerprint density at radius 3 is 2.41 bits per heavy atom. The molecule has 0 bridgehead atoms. The predicted octanol–water partition coefficient (Wildman–Crippen LogP) is 4.68. The fraction of sp³-hybridized carbons (Fsp3) is 0.0667. The van der Waals surface area contributed by atoms with Gasteiger partial charge in [-0.1, -0.05) is 23.7 Å². The highest BCUT2D eigenvalue weighted by molar-refractivity contribution is 6.33. The number of benzene rings is 2. The minimum Gasteiger partial charge on any atom is -0.277 e. The smallest absolute Gasteiger partial charge is 0.277 e. The van der Waals surface area contributed by atoms with E-state index in [0.29, 0.717) is 11.1 Å². The monoisotopic (exact) mass is 323 g/mol. The minimum atomic E-state index is -4.45. The zero-order valence-electron chi connectivity index (χ0n) is 11.0. The van der Waals surface area contributed by atoms with Gasteiger partial charge >= 0.3 is 6.18 Å². The van der Waals surface area contributed by atoms with Crippen LogP contribution in [0.1, 0.15) is 16.7 Å². The fourth-order valence-electron chi connectivity index (χ4n) is 1.61. The summed E-state index contributed by atoms with van der Waals surface area (Å²) in [5, 5.41) is 12.6. The van der Waals surface area contributed by atoms with Gasteiger partial charge in [-0.2, -0.15) is 23.5 Å². The van der Waals surface area contributed by atoms with Crippen molar-refractivity contribution in [2.75, 3.05) is 5.43 Å². The third kappa shape index (κ3) is 3.99. The molecule has 0 amide bonds. The first-order chi connectivity index (χ1) is 10.4. The molecular weight excluding hydrogens is 315 g/mol. The van der Waals surface area contributed by atoms with E-state index in [9.17, 15) is 13.2 Å². The quantitative estimate of drug-likeness (QED) is 0.658. The molecule has 0 radical (unpaired) electrons. The molecule has 2 aromatic carbocycles. The number of hydrogen-bond acceptors (Lipinski definition) is 3. The molecule has 0 atom stereocenters. The van der Waals surface area contributed by atoms with Gasteiger partial charge in [-0.15, -0.1) is 0 Å². The summed E-state index contributed by atoms with van der Waals surface area (Å²) in [7, 11) is 0. The van der Waals surface area contributed by atoms with Crippen molar-refractivity contribution in [2.24, 2.45) is 5.10 Å². The molecule has 0 aliphatic heterocycles. The molecule has 3 nitrogen and oxygen atoms in total. The fourth-order valence-corrected chi connectivity index (χ4v) is 1.77. The van der Waals surface area contributed by atoms with Crippen LogP contribution in [0.5, 0.6) is 0 Å². The van der Waals surface area contributed by atoms with Gasteiger partial charge in [0.15, 0.2) is 0 Å². The SMILES string of the molecule is N#Cc1ccc(C=NNc2cc(C(F)(F)F)ccc2Cl)cc1. The molecule has 0 aromatic heterocycles. The van der Waals surface area contributed by atoms with Crippen LogP contribution in [-0.4, -0.2) is 6.21 Å². The molecule has 0 aliphatic carbocycles. The Kier molecular flexibility index (Phi) is 4.68. The van der Waals surface area contributed by atoms with Gasteiger partial charge in [-0.25, -0.2) is 0 Å². The number of nitrogens with zero attached hydrogens (tertiary/aromatic N) is 2. The zero-order valence-corrected chi connectivity index (χ0v) is 11.8. The molecule has 22 heavy (non-hydrogen) atoms. The van der Waals surface area contributed by atoms with Crippen LogP contribution >= 0.6 is 11.6 Å². The van der Waals surface area contributed by atoms with Gasteiger partial charge in [-0.3, -0.25) is 5.43 Å². The Morgan fingerprint density at radius 1 is 1.14 bits per heavy atom. The van der Waals surface area contributed by atoms with Crippen LogP contribution in [0.25, 0.3) is 0 Å². The van der Waals surface area contributed by atoms with Crippen LogP contribution < -0.4 is 5.43 Å². The van der Waals surface area contributed by atoms with Gasteiger partial charge in [-0.05, 0) is 35.9 Å². The highest BCUT2D eigenvalue weighted by Gasteiger charge is 2.30. The van der Waals surface area contributed by atoms with Crippen LogP contribution in [0, 0.1) is 11.3 Å². The third-order valence-electron chi connectivity index (χ3n) is 2.73. The summed E-state index contributed by atoms with van der Waals surface area (Å²) >= 11 is 5.83. The average molecular weight is 324 g/mol. The van der Waals surface area contributed by atoms with Crippen LogP contribution in [-0.2, 0) is 6.18 Å². The number of nitriles is 1. The molecule has 0 unspecified atom stereocenters. The number of alkyl halides is 3. The summed E-state index contributed by atoms with van der Waals surface area (Å²) in [6, 6.07) is 11.5. The Morgan fingerprint density at radius 2 is 1.82 bits per heavy atom. The van der Waals surface area contributed by atoms with Gasteiger partial charge < -0.3 is 0 Å². The second-order valence-electron chi connectivity index (χ2n) is 4.30. The summed E-state index contributed by atoms with van der Waals surface area (Å²) in [6.07, 6.45) is -3.03. The molecule has 0 saturated carbocycles. The van der Waals surface area contributed by atoms with Crippen molar-refractivity contribution < 1.29 is 13.2 Å². The lowest BCUT2D eigenvalue weighted by atomic mass is 10.2. The van der Waals surface area contributed by atoms with E-state index in [4.69, 9.17) is 16.9 Å². The van der Waals surface area contributed by atoms with Gasteiger partial charge in [0.1, 0.15) is 0 Å². The van der Waals surface area contributed by atoms with E-state index in [1.165, 1.54) is 6.21 Å². The minimum absolute atomic E-state index is 0.0568. The van der Waals surface area contributed by atoms with E-state index in [1.807, 2.05) is 6.07 Å². The van der Waals surface area contributed by atoms with Crippen molar-refractivity contribution in [3.63, 3.8) is 0 Å². The maximum atomic E-state index is 12.6. The lowest BCUT2D eigenvalue weighted by Gasteiger charge is -2.09. The maximum Gasteiger partial charge on any atom is 0.416 e. The number of hydrazone groups is 1. The first-order valence-electron chi connectivity index (χ1n) is 6.06. The second-order valence-corrected chi connectivity index (χ2v) is 4.70. The Bertz CT molecular complexity index is 731. The topological polar surface area (TPSA) is 48.2 Å². The highest BCUT2D eigenvalue weighted by Crippen LogP contribution is 2.33. The molecule has 0 fully saturated rings. The third-order valence-corrected chi connectivity index (χ3v) is 3.06. The summed E-state index contributed by atoms with van der Waals surface area (Å²) in [5.41, 5.74) is 2.91. The molecule has 0 heterocycles. The van der Waals surface area contributed by atoms with E-state index < -0.39 is 11.7 Å². The van der Waals surface area contributed by atoms with Crippen molar-refractivity contribution in [1.29, 1.82) is 5.26 Å². The van der Waals surface area contributed by atoms with Crippen LogP contribution in [0.3, 0.4) is 0 Å². The summed E-state index contributed by atoms with van der Waals surface area (Å²) in [4.78, 5) is 0. The van der Waals surface area contributed by atoms with E-state index in [2.05, 4.69) is 10.5 Å². The maximum absolute atomic E-state index is 12.6. The van der Waals surface area contributed by atoms with E-state index >= 15 is 0 Å². The van der Waals surface area contributed by atoms with Gasteiger partial charge in [0.2, 0.25) is 0 Å². The Labute approximate surface area is 129 Å². The largest absolute Gasteiger partial charge is 0.416 e. The molecule has 0 spiro atoms. The molecule has 112 valence electrons. The number of nitrogens with one attached hydrogen (secondary N) is 1. The summed E-state index contributed by atoms with van der Waals surface area (Å²) < 4.78 is 37.9. The summed E-state index contributed by atoms with van der Waals surface area (Å²) in [5.74, 6) is 0. The van der Waals surface area contributed by atoms with Crippen LogP contribution in [0.15, 0.2) is 47.6 Å². The molecule has 0 saturated heterocycles. The van der Waals surface area contributed by atoms with Crippen LogP contribution in [0.2, 0.25) is 5.02 Å².